The third-order valence-corrected chi connectivity index (χ3v) is 6.01. The van der Waals surface area contributed by atoms with E-state index in [-0.39, 0.29) is 11.9 Å². The van der Waals surface area contributed by atoms with E-state index in [2.05, 4.69) is 27.2 Å². The predicted octanol–water partition coefficient (Wildman–Crippen LogP) is 3.89. The third-order valence-electron chi connectivity index (χ3n) is 6.01. The summed E-state index contributed by atoms with van der Waals surface area (Å²) in [4.78, 5) is 16.5. The van der Waals surface area contributed by atoms with E-state index in [0.29, 0.717) is 31.7 Å². The fourth-order valence-electron chi connectivity index (χ4n) is 4.14. The van der Waals surface area contributed by atoms with Crippen molar-refractivity contribution in [3.8, 4) is 11.1 Å². The number of rotatable bonds is 4. The van der Waals surface area contributed by atoms with Crippen LogP contribution in [0.3, 0.4) is 0 Å². The lowest BCUT2D eigenvalue weighted by Gasteiger charge is -2.35. The summed E-state index contributed by atoms with van der Waals surface area (Å²) >= 11 is 0. The quantitative estimate of drug-likeness (QED) is 0.474. The molecule has 0 spiro atoms. The molecule has 0 aliphatic carbocycles. The Labute approximate surface area is 190 Å². The number of fused-ring (bicyclic) bond motifs is 1. The van der Waals surface area contributed by atoms with Crippen molar-refractivity contribution in [3.05, 3.63) is 72.6 Å². The second-order valence-corrected chi connectivity index (χ2v) is 8.24. The first-order chi connectivity index (χ1) is 16.0. The number of carbonyl (C=O) groups excluding carboxylic acids is 1. The van der Waals surface area contributed by atoms with Crippen LogP contribution >= 0.6 is 0 Å². The van der Waals surface area contributed by atoms with Gasteiger partial charge in [0.1, 0.15) is 11.9 Å². The standard InChI is InChI=1S/C24H25FN6O2/c1-17(18-4-3-5-21(25)12-18)33-24(32)30-10-8-29(9-11-30)23-14-27-31-16-19(6-7-22(23)31)20-13-26-28(2)15-20/h3-7,12-17H,8-11H2,1-2H3/t17-/m1/s1. The highest BCUT2D eigenvalue weighted by molar-refractivity contribution is 5.76. The molecule has 4 aromatic rings. The zero-order valence-corrected chi connectivity index (χ0v) is 18.6. The van der Waals surface area contributed by atoms with Gasteiger partial charge in [-0.2, -0.15) is 10.2 Å². The van der Waals surface area contributed by atoms with Gasteiger partial charge in [-0.1, -0.05) is 18.2 Å². The molecule has 1 amide bonds. The van der Waals surface area contributed by atoms with Crippen LogP contribution in [0, 0.1) is 5.82 Å². The second kappa shape index (κ2) is 8.57. The molecule has 33 heavy (non-hydrogen) atoms. The van der Waals surface area contributed by atoms with Gasteiger partial charge >= 0.3 is 6.09 Å². The molecule has 1 saturated heterocycles. The number of hydrogen-bond acceptors (Lipinski definition) is 5. The first-order valence-corrected chi connectivity index (χ1v) is 10.9. The number of nitrogens with zero attached hydrogens (tertiary/aromatic N) is 6. The van der Waals surface area contributed by atoms with Crippen LogP contribution in [-0.4, -0.2) is 56.6 Å². The maximum atomic E-state index is 13.5. The molecular formula is C24H25FN6O2. The molecule has 0 radical (unpaired) electrons. The van der Waals surface area contributed by atoms with Crippen LogP contribution in [0.25, 0.3) is 16.6 Å². The molecule has 1 atom stereocenters. The number of amides is 1. The highest BCUT2D eigenvalue weighted by Gasteiger charge is 2.25. The first kappa shape index (κ1) is 21.0. The fourth-order valence-corrected chi connectivity index (χ4v) is 4.14. The number of ether oxygens (including phenoxy) is 1. The van der Waals surface area contributed by atoms with Crippen LogP contribution < -0.4 is 4.90 Å². The summed E-state index contributed by atoms with van der Waals surface area (Å²) in [6, 6.07) is 10.3. The van der Waals surface area contributed by atoms with E-state index >= 15 is 0 Å². The number of benzene rings is 1. The van der Waals surface area contributed by atoms with Gasteiger partial charge in [0.15, 0.2) is 0 Å². The van der Waals surface area contributed by atoms with Crippen LogP contribution in [0.2, 0.25) is 0 Å². The topological polar surface area (TPSA) is 67.9 Å². The maximum absolute atomic E-state index is 13.5. The molecule has 1 aliphatic heterocycles. The van der Waals surface area contributed by atoms with Crippen LogP contribution in [0.15, 0.2) is 61.2 Å². The Bertz CT molecular complexity index is 1290. The largest absolute Gasteiger partial charge is 0.442 e. The van der Waals surface area contributed by atoms with Gasteiger partial charge in [-0.3, -0.25) is 4.68 Å². The Kier molecular flexibility index (Phi) is 5.45. The molecule has 0 N–H and O–H groups in total. The number of pyridine rings is 1. The average Bonchev–Trinajstić information content (AvgIpc) is 3.45. The molecule has 0 unspecified atom stereocenters. The molecular weight excluding hydrogens is 423 g/mol. The lowest BCUT2D eigenvalue weighted by atomic mass is 10.1. The van der Waals surface area contributed by atoms with Crippen LogP contribution in [0.1, 0.15) is 18.6 Å². The van der Waals surface area contributed by atoms with Crippen molar-refractivity contribution in [2.75, 3.05) is 31.1 Å². The van der Waals surface area contributed by atoms with Gasteiger partial charge in [-0.25, -0.2) is 13.7 Å². The van der Waals surface area contributed by atoms with Gasteiger partial charge in [0.2, 0.25) is 0 Å². The molecule has 1 aliphatic rings. The highest BCUT2D eigenvalue weighted by Crippen LogP contribution is 2.27. The fraction of sp³-hybridized carbons (Fsp3) is 0.292. The number of halogens is 1. The van der Waals surface area contributed by atoms with E-state index in [1.807, 2.05) is 36.4 Å². The summed E-state index contributed by atoms with van der Waals surface area (Å²) in [5.74, 6) is -0.343. The van der Waals surface area contributed by atoms with Crippen LogP contribution in [0.5, 0.6) is 0 Å². The molecule has 0 saturated carbocycles. The van der Waals surface area contributed by atoms with E-state index < -0.39 is 6.10 Å². The maximum Gasteiger partial charge on any atom is 0.410 e. The van der Waals surface area contributed by atoms with Crippen molar-refractivity contribution in [1.29, 1.82) is 0 Å². The zero-order chi connectivity index (χ0) is 22.9. The lowest BCUT2D eigenvalue weighted by molar-refractivity contribution is 0.0679. The SMILES string of the molecule is C[C@@H](OC(=O)N1CCN(c2cnn3cc(-c4cnn(C)c4)ccc23)CC1)c1cccc(F)c1. The van der Waals surface area contributed by atoms with Crippen molar-refractivity contribution in [1.82, 2.24) is 24.3 Å². The summed E-state index contributed by atoms with van der Waals surface area (Å²) in [5, 5.41) is 8.76. The summed E-state index contributed by atoms with van der Waals surface area (Å²) in [5.41, 5.74) is 4.77. The molecule has 4 heterocycles. The number of piperazine rings is 1. The second-order valence-electron chi connectivity index (χ2n) is 8.24. The molecule has 5 rings (SSSR count). The van der Waals surface area contributed by atoms with E-state index in [9.17, 15) is 9.18 Å². The van der Waals surface area contributed by atoms with Gasteiger partial charge in [0.25, 0.3) is 0 Å². The Hall–Kier alpha value is -3.88. The van der Waals surface area contributed by atoms with Gasteiger partial charge in [-0.05, 0) is 30.7 Å². The number of carbonyl (C=O) groups is 1. The van der Waals surface area contributed by atoms with E-state index in [0.717, 1.165) is 22.3 Å². The van der Waals surface area contributed by atoms with E-state index in [4.69, 9.17) is 4.74 Å². The van der Waals surface area contributed by atoms with Crippen LogP contribution in [-0.2, 0) is 11.8 Å². The molecule has 1 aromatic carbocycles. The van der Waals surface area contributed by atoms with Gasteiger partial charge in [0.05, 0.1) is 23.6 Å². The van der Waals surface area contributed by atoms with Gasteiger partial charge < -0.3 is 14.5 Å². The van der Waals surface area contributed by atoms with Gasteiger partial charge in [0, 0.05) is 56.7 Å². The van der Waals surface area contributed by atoms with Crippen molar-refractivity contribution >= 4 is 17.3 Å². The first-order valence-electron chi connectivity index (χ1n) is 10.9. The Morgan fingerprint density at radius 3 is 2.58 bits per heavy atom. The van der Waals surface area contributed by atoms with Crippen molar-refractivity contribution < 1.29 is 13.9 Å². The Balaban J connectivity index is 1.23. The number of anilines is 1. The van der Waals surface area contributed by atoms with Crippen molar-refractivity contribution in [3.63, 3.8) is 0 Å². The normalized spacial score (nSPS) is 15.1. The highest BCUT2D eigenvalue weighted by atomic mass is 19.1. The smallest absolute Gasteiger partial charge is 0.410 e. The van der Waals surface area contributed by atoms with E-state index in [1.165, 1.54) is 12.1 Å². The minimum absolute atomic E-state index is 0.343. The third kappa shape index (κ3) is 4.26. The Morgan fingerprint density at radius 1 is 1.03 bits per heavy atom. The summed E-state index contributed by atoms with van der Waals surface area (Å²) in [7, 11) is 1.89. The molecule has 8 nitrogen and oxygen atoms in total. The summed E-state index contributed by atoms with van der Waals surface area (Å²) in [6.45, 7) is 4.19. The molecule has 1 fully saturated rings. The van der Waals surface area contributed by atoms with E-state index in [1.54, 1.807) is 28.6 Å². The van der Waals surface area contributed by atoms with Crippen LogP contribution in [0.4, 0.5) is 14.9 Å². The number of hydrogen-bond donors (Lipinski definition) is 0. The molecule has 0 bridgehead atoms. The Morgan fingerprint density at radius 2 is 1.85 bits per heavy atom. The summed E-state index contributed by atoms with van der Waals surface area (Å²) in [6.07, 6.45) is 6.77. The minimum Gasteiger partial charge on any atom is -0.442 e. The predicted molar refractivity (Wildman–Crippen MR) is 122 cm³/mol. The molecule has 9 heteroatoms. The number of aromatic nitrogens is 4. The zero-order valence-electron chi connectivity index (χ0n) is 18.6. The van der Waals surface area contributed by atoms with Crippen molar-refractivity contribution in [2.24, 2.45) is 7.05 Å². The minimum atomic E-state index is -0.514. The lowest BCUT2D eigenvalue weighted by Crippen LogP contribution is -2.49. The average molecular weight is 449 g/mol. The van der Waals surface area contributed by atoms with Crippen molar-refractivity contribution in [2.45, 2.75) is 13.0 Å². The molecule has 170 valence electrons. The summed E-state index contributed by atoms with van der Waals surface area (Å²) < 4.78 is 22.7. The monoisotopic (exact) mass is 448 g/mol. The molecule has 3 aromatic heterocycles. The number of aryl methyl sites for hydroxylation is 1. The van der Waals surface area contributed by atoms with Gasteiger partial charge in [-0.15, -0.1) is 0 Å².